The van der Waals surface area contributed by atoms with E-state index < -0.39 is 6.04 Å². The van der Waals surface area contributed by atoms with Gasteiger partial charge in [0.1, 0.15) is 10.5 Å². The molecular formula is C29H32N6O2S. The highest BCUT2D eigenvalue weighted by atomic mass is 32.1. The molecule has 2 amide bonds. The monoisotopic (exact) mass is 528 g/mol. The van der Waals surface area contributed by atoms with Gasteiger partial charge in [0.05, 0.1) is 17.1 Å². The van der Waals surface area contributed by atoms with Crippen molar-refractivity contribution in [2.45, 2.75) is 46.1 Å². The summed E-state index contributed by atoms with van der Waals surface area (Å²) in [7, 11) is 0. The molecule has 0 radical (unpaired) electrons. The van der Waals surface area contributed by atoms with E-state index in [0.717, 1.165) is 40.7 Å². The zero-order chi connectivity index (χ0) is 26.9. The van der Waals surface area contributed by atoms with Crippen molar-refractivity contribution in [2.75, 3.05) is 11.9 Å². The van der Waals surface area contributed by atoms with Gasteiger partial charge in [0.25, 0.3) is 11.8 Å². The lowest BCUT2D eigenvalue weighted by Gasteiger charge is -2.34. The molecule has 1 aromatic carbocycles. The number of pyridine rings is 1. The van der Waals surface area contributed by atoms with Crippen LogP contribution in [-0.4, -0.2) is 33.3 Å². The summed E-state index contributed by atoms with van der Waals surface area (Å²) in [5, 5.41) is 6.88. The number of anilines is 1. The number of hydrogen-bond acceptors (Lipinski definition) is 7. The van der Waals surface area contributed by atoms with Crippen LogP contribution >= 0.6 is 11.3 Å². The second-order valence-electron chi connectivity index (χ2n) is 10.8. The number of carbonyl (C=O) groups excluding carboxylic acids is 2. The molecule has 4 aromatic rings. The zero-order valence-electron chi connectivity index (χ0n) is 21.8. The van der Waals surface area contributed by atoms with Crippen molar-refractivity contribution in [1.29, 1.82) is 0 Å². The number of hydrogen-bond donors (Lipinski definition) is 3. The number of fused-ring (bicyclic) bond motifs is 2. The number of aryl methyl sites for hydroxylation is 1. The average molecular weight is 529 g/mol. The third-order valence-corrected chi connectivity index (χ3v) is 8.25. The van der Waals surface area contributed by atoms with E-state index in [1.165, 1.54) is 35.5 Å². The van der Waals surface area contributed by atoms with Crippen LogP contribution in [0, 0.1) is 11.3 Å². The average Bonchev–Trinajstić information content (AvgIpc) is 3.33. The molecule has 2 atom stereocenters. The first kappa shape index (κ1) is 25.9. The Bertz CT molecular complexity index is 1480. The number of rotatable bonds is 6. The molecule has 0 saturated carbocycles. The number of benzene rings is 1. The Labute approximate surface area is 226 Å². The Kier molecular flexibility index (Phi) is 7.23. The standard InChI is InChI=1S/C29H32N6O2S/c1-29(2,3)20-7-8-22-18(12-20)11-19-14-25(38-28(19)35-22)27(37)34-23(15-30)17-5-4-6-21(13-17)33-26(36)24-16-31-9-10-32-24/h4-6,9-11,13-14,16,20,23H,7-8,12,15,30H2,1-3H3,(H,33,36)(H,34,37)/t20-,23-/m1/s1. The molecule has 0 spiro atoms. The SMILES string of the molecule is CC(C)(C)[C@@H]1CCc2nc3sc(C(=O)N[C@H](CN)c4cccc(NC(=O)c5cnccn5)c4)cc3cc2C1. The molecule has 3 aromatic heterocycles. The minimum Gasteiger partial charge on any atom is -0.343 e. The maximum atomic E-state index is 13.2. The smallest absolute Gasteiger partial charge is 0.275 e. The van der Waals surface area contributed by atoms with E-state index >= 15 is 0 Å². The van der Waals surface area contributed by atoms with Crippen molar-refractivity contribution in [2.24, 2.45) is 17.1 Å². The van der Waals surface area contributed by atoms with Crippen LogP contribution in [0.25, 0.3) is 10.2 Å². The van der Waals surface area contributed by atoms with Crippen LogP contribution in [0.2, 0.25) is 0 Å². The first-order valence-electron chi connectivity index (χ1n) is 12.8. The van der Waals surface area contributed by atoms with Gasteiger partial charge >= 0.3 is 0 Å². The summed E-state index contributed by atoms with van der Waals surface area (Å²) in [6.07, 6.45) is 7.52. The summed E-state index contributed by atoms with van der Waals surface area (Å²) >= 11 is 1.41. The number of carbonyl (C=O) groups is 2. The molecule has 8 nitrogen and oxygen atoms in total. The summed E-state index contributed by atoms with van der Waals surface area (Å²) in [4.78, 5) is 40.1. The van der Waals surface area contributed by atoms with Crippen LogP contribution in [0.4, 0.5) is 5.69 Å². The van der Waals surface area contributed by atoms with Gasteiger partial charge in [-0.2, -0.15) is 0 Å². The molecule has 38 heavy (non-hydrogen) atoms. The van der Waals surface area contributed by atoms with Crippen LogP contribution in [0.5, 0.6) is 0 Å². The predicted molar refractivity (Wildman–Crippen MR) is 150 cm³/mol. The lowest BCUT2D eigenvalue weighted by molar-refractivity contribution is 0.0941. The van der Waals surface area contributed by atoms with Gasteiger partial charge in [0.15, 0.2) is 0 Å². The second-order valence-corrected chi connectivity index (χ2v) is 11.9. The summed E-state index contributed by atoms with van der Waals surface area (Å²) < 4.78 is 0. The van der Waals surface area contributed by atoms with E-state index in [4.69, 9.17) is 10.7 Å². The van der Waals surface area contributed by atoms with Crippen LogP contribution in [0.3, 0.4) is 0 Å². The summed E-state index contributed by atoms with van der Waals surface area (Å²) in [6.45, 7) is 7.12. The fourth-order valence-electron chi connectivity index (χ4n) is 4.93. The third-order valence-electron chi connectivity index (χ3n) is 7.21. The summed E-state index contributed by atoms with van der Waals surface area (Å²) in [5.41, 5.74) is 10.4. The maximum absolute atomic E-state index is 13.2. The topological polar surface area (TPSA) is 123 Å². The van der Waals surface area contributed by atoms with E-state index in [0.29, 0.717) is 16.5 Å². The third kappa shape index (κ3) is 5.58. The normalized spacial score (nSPS) is 16.1. The largest absolute Gasteiger partial charge is 0.343 e. The van der Waals surface area contributed by atoms with Gasteiger partial charge < -0.3 is 16.4 Å². The van der Waals surface area contributed by atoms with E-state index in [2.05, 4.69) is 47.4 Å². The van der Waals surface area contributed by atoms with Crippen molar-refractivity contribution in [3.63, 3.8) is 0 Å². The summed E-state index contributed by atoms with van der Waals surface area (Å²) in [6, 6.07) is 11.0. The molecular weight excluding hydrogens is 496 g/mol. The van der Waals surface area contributed by atoms with E-state index in [-0.39, 0.29) is 29.5 Å². The van der Waals surface area contributed by atoms with Crippen LogP contribution in [-0.2, 0) is 12.8 Å². The molecule has 5 rings (SSSR count). The molecule has 0 unspecified atom stereocenters. The van der Waals surface area contributed by atoms with Crippen molar-refractivity contribution in [3.05, 3.63) is 82.4 Å². The number of amides is 2. The van der Waals surface area contributed by atoms with Gasteiger partial charge in [0, 0.05) is 35.7 Å². The molecule has 9 heteroatoms. The Balaban J connectivity index is 1.31. The highest BCUT2D eigenvalue weighted by Crippen LogP contribution is 2.38. The molecule has 1 aliphatic rings. The summed E-state index contributed by atoms with van der Waals surface area (Å²) in [5.74, 6) is 0.0722. The van der Waals surface area contributed by atoms with Crippen molar-refractivity contribution in [1.82, 2.24) is 20.3 Å². The van der Waals surface area contributed by atoms with E-state index in [1.54, 1.807) is 12.1 Å². The van der Waals surface area contributed by atoms with Gasteiger partial charge in [-0.05, 0) is 66.0 Å². The first-order valence-corrected chi connectivity index (χ1v) is 13.6. The minimum atomic E-state index is -0.421. The first-order chi connectivity index (χ1) is 18.2. The molecule has 0 bridgehead atoms. The zero-order valence-corrected chi connectivity index (χ0v) is 22.6. The Morgan fingerprint density at radius 3 is 2.74 bits per heavy atom. The number of nitrogens with two attached hydrogens (primary N) is 1. The van der Waals surface area contributed by atoms with Gasteiger partial charge in [-0.25, -0.2) is 9.97 Å². The molecule has 0 saturated heterocycles. The lowest BCUT2D eigenvalue weighted by atomic mass is 9.71. The molecule has 4 N–H and O–H groups in total. The molecule has 196 valence electrons. The number of nitrogens with one attached hydrogen (secondary N) is 2. The van der Waals surface area contributed by atoms with E-state index in [1.807, 2.05) is 18.2 Å². The Morgan fingerprint density at radius 2 is 2.00 bits per heavy atom. The van der Waals surface area contributed by atoms with Crippen molar-refractivity contribution >= 4 is 39.1 Å². The van der Waals surface area contributed by atoms with Gasteiger partial charge in [-0.15, -0.1) is 11.3 Å². The van der Waals surface area contributed by atoms with Gasteiger partial charge in [-0.3, -0.25) is 14.6 Å². The van der Waals surface area contributed by atoms with Crippen LogP contribution in [0.1, 0.15) is 70.2 Å². The van der Waals surface area contributed by atoms with Crippen molar-refractivity contribution < 1.29 is 9.59 Å². The maximum Gasteiger partial charge on any atom is 0.275 e. The molecule has 1 aliphatic carbocycles. The number of nitrogens with zero attached hydrogens (tertiary/aromatic N) is 3. The fourth-order valence-corrected chi connectivity index (χ4v) is 5.86. The second kappa shape index (κ2) is 10.6. The highest BCUT2D eigenvalue weighted by Gasteiger charge is 2.30. The lowest BCUT2D eigenvalue weighted by Crippen LogP contribution is -2.33. The number of thiophene rings is 1. The van der Waals surface area contributed by atoms with Gasteiger partial charge in [-0.1, -0.05) is 32.9 Å². The van der Waals surface area contributed by atoms with Crippen LogP contribution < -0.4 is 16.4 Å². The molecule has 0 aliphatic heterocycles. The van der Waals surface area contributed by atoms with Crippen LogP contribution in [0.15, 0.2) is 55.0 Å². The number of aromatic nitrogens is 3. The fraction of sp³-hybridized carbons (Fsp3) is 0.345. The van der Waals surface area contributed by atoms with Gasteiger partial charge in [0.2, 0.25) is 0 Å². The highest BCUT2D eigenvalue weighted by molar-refractivity contribution is 7.20. The molecule has 3 heterocycles. The van der Waals surface area contributed by atoms with Crippen molar-refractivity contribution in [3.8, 4) is 0 Å². The Morgan fingerprint density at radius 1 is 1.16 bits per heavy atom. The predicted octanol–water partition coefficient (Wildman–Crippen LogP) is 4.92. The Hall–Kier alpha value is -3.69. The minimum absolute atomic E-state index is 0.192. The van der Waals surface area contributed by atoms with E-state index in [9.17, 15) is 9.59 Å². The molecule has 0 fully saturated rings. The quantitative estimate of drug-likeness (QED) is 0.326.